The van der Waals surface area contributed by atoms with Crippen molar-refractivity contribution < 1.29 is 9.90 Å². The lowest BCUT2D eigenvalue weighted by Crippen LogP contribution is -2.51. The highest BCUT2D eigenvalue weighted by atomic mass is 32.1. The summed E-state index contributed by atoms with van der Waals surface area (Å²) in [5, 5.41) is 13.3. The molecular formula is C15H19N3O2S. The maximum atomic E-state index is 10.8. The van der Waals surface area contributed by atoms with Crippen molar-refractivity contribution in [3.05, 3.63) is 24.3 Å². The molecule has 0 aliphatic heterocycles. The van der Waals surface area contributed by atoms with Crippen LogP contribution < -0.4 is 5.32 Å². The van der Waals surface area contributed by atoms with Crippen LogP contribution in [0.4, 0.5) is 5.13 Å². The molecule has 0 spiro atoms. The Balaban J connectivity index is 1.55. The smallest absolute Gasteiger partial charge is 0.317 e. The maximum Gasteiger partial charge on any atom is 0.317 e. The minimum atomic E-state index is -0.751. The van der Waals surface area contributed by atoms with E-state index < -0.39 is 5.97 Å². The molecule has 1 heterocycles. The summed E-state index contributed by atoms with van der Waals surface area (Å²) >= 11 is 1.67. The average molecular weight is 305 g/mol. The number of carboxylic acid groups (broad SMARTS) is 1. The van der Waals surface area contributed by atoms with Gasteiger partial charge in [0, 0.05) is 12.1 Å². The molecule has 1 aliphatic rings. The molecule has 6 heteroatoms. The van der Waals surface area contributed by atoms with Gasteiger partial charge in [-0.05, 0) is 31.5 Å². The molecule has 21 heavy (non-hydrogen) atoms. The summed E-state index contributed by atoms with van der Waals surface area (Å²) in [6.07, 6.45) is 1.97. The molecule has 0 atom stereocenters. The molecule has 5 nitrogen and oxygen atoms in total. The predicted molar refractivity (Wildman–Crippen MR) is 84.9 cm³/mol. The molecule has 0 saturated heterocycles. The molecule has 0 unspecified atom stereocenters. The van der Waals surface area contributed by atoms with Crippen LogP contribution in [-0.2, 0) is 4.79 Å². The van der Waals surface area contributed by atoms with E-state index in [1.807, 2.05) is 30.0 Å². The van der Waals surface area contributed by atoms with Gasteiger partial charge in [0.1, 0.15) is 0 Å². The van der Waals surface area contributed by atoms with E-state index >= 15 is 0 Å². The Labute approximate surface area is 127 Å². The van der Waals surface area contributed by atoms with Crippen molar-refractivity contribution in [2.45, 2.75) is 31.8 Å². The molecule has 2 N–H and O–H groups in total. The molecule has 0 bridgehead atoms. The highest BCUT2D eigenvalue weighted by molar-refractivity contribution is 7.22. The van der Waals surface area contributed by atoms with Crippen molar-refractivity contribution in [3.8, 4) is 0 Å². The summed E-state index contributed by atoms with van der Waals surface area (Å²) in [4.78, 5) is 17.4. The van der Waals surface area contributed by atoms with Crippen molar-refractivity contribution in [1.29, 1.82) is 0 Å². The van der Waals surface area contributed by atoms with Gasteiger partial charge in [0.05, 0.1) is 16.8 Å². The minimum absolute atomic E-state index is 0.134. The zero-order chi connectivity index (χ0) is 14.8. The Kier molecular flexibility index (Phi) is 4.07. The molecule has 1 aromatic carbocycles. The molecule has 1 aromatic heterocycles. The molecule has 3 rings (SSSR count). The standard InChI is InChI=1S/C15H19N3O2S/c1-2-18(9-14(19)20)11-7-10(8-11)16-15-17-12-5-3-4-6-13(12)21-15/h3-6,10-11H,2,7-9H2,1H3,(H,16,17)(H,19,20). The van der Waals surface area contributed by atoms with E-state index in [-0.39, 0.29) is 6.54 Å². The van der Waals surface area contributed by atoms with E-state index in [0.717, 1.165) is 30.0 Å². The number of para-hydroxylation sites is 1. The Morgan fingerprint density at radius 1 is 1.48 bits per heavy atom. The van der Waals surface area contributed by atoms with Crippen LogP contribution in [0.25, 0.3) is 10.2 Å². The van der Waals surface area contributed by atoms with Crippen LogP contribution in [0.3, 0.4) is 0 Å². The van der Waals surface area contributed by atoms with Gasteiger partial charge in [-0.3, -0.25) is 9.69 Å². The Bertz CT molecular complexity index is 604. The third kappa shape index (κ3) is 3.16. The number of thiazole rings is 1. The van der Waals surface area contributed by atoms with Crippen LogP contribution in [0, 0.1) is 0 Å². The fourth-order valence-corrected chi connectivity index (χ4v) is 3.73. The number of hydrogen-bond donors (Lipinski definition) is 2. The molecule has 1 aliphatic carbocycles. The summed E-state index contributed by atoms with van der Waals surface area (Å²) in [7, 11) is 0. The van der Waals surface area contributed by atoms with Crippen molar-refractivity contribution in [3.63, 3.8) is 0 Å². The van der Waals surface area contributed by atoms with Gasteiger partial charge < -0.3 is 10.4 Å². The number of carboxylic acids is 1. The number of fused-ring (bicyclic) bond motifs is 1. The second-order valence-corrected chi connectivity index (χ2v) is 6.44. The van der Waals surface area contributed by atoms with E-state index in [2.05, 4.69) is 16.4 Å². The van der Waals surface area contributed by atoms with Gasteiger partial charge in [0.25, 0.3) is 0 Å². The molecule has 112 valence electrons. The second kappa shape index (κ2) is 5.99. The number of benzene rings is 1. The Hall–Kier alpha value is -1.66. The van der Waals surface area contributed by atoms with Crippen molar-refractivity contribution in [2.24, 2.45) is 0 Å². The first-order valence-electron chi connectivity index (χ1n) is 7.23. The lowest BCUT2D eigenvalue weighted by molar-refractivity contribution is -0.139. The lowest BCUT2D eigenvalue weighted by atomic mass is 9.85. The minimum Gasteiger partial charge on any atom is -0.480 e. The van der Waals surface area contributed by atoms with E-state index in [1.165, 1.54) is 4.70 Å². The maximum absolute atomic E-state index is 10.8. The predicted octanol–water partition coefficient (Wildman–Crippen LogP) is 2.65. The quantitative estimate of drug-likeness (QED) is 0.859. The second-order valence-electron chi connectivity index (χ2n) is 5.41. The van der Waals surface area contributed by atoms with Crippen LogP contribution >= 0.6 is 11.3 Å². The first kappa shape index (κ1) is 14.3. The number of hydrogen-bond acceptors (Lipinski definition) is 5. The monoisotopic (exact) mass is 305 g/mol. The first-order chi connectivity index (χ1) is 10.2. The fraction of sp³-hybridized carbons (Fsp3) is 0.467. The average Bonchev–Trinajstić information content (AvgIpc) is 2.82. The van der Waals surface area contributed by atoms with Gasteiger partial charge in [-0.2, -0.15) is 0 Å². The first-order valence-corrected chi connectivity index (χ1v) is 8.05. The van der Waals surface area contributed by atoms with E-state index in [1.54, 1.807) is 11.3 Å². The number of anilines is 1. The van der Waals surface area contributed by atoms with E-state index in [9.17, 15) is 4.79 Å². The molecule has 0 amide bonds. The highest BCUT2D eigenvalue weighted by Gasteiger charge is 2.34. The Morgan fingerprint density at radius 3 is 2.90 bits per heavy atom. The van der Waals surface area contributed by atoms with Crippen LogP contribution in [0.2, 0.25) is 0 Å². The number of aliphatic carboxylic acids is 1. The van der Waals surface area contributed by atoms with Crippen LogP contribution in [0.5, 0.6) is 0 Å². The van der Waals surface area contributed by atoms with Crippen LogP contribution in [0.15, 0.2) is 24.3 Å². The zero-order valence-electron chi connectivity index (χ0n) is 12.0. The molecule has 2 aromatic rings. The van der Waals surface area contributed by atoms with Gasteiger partial charge in [-0.1, -0.05) is 30.4 Å². The van der Waals surface area contributed by atoms with Gasteiger partial charge in [-0.25, -0.2) is 4.98 Å². The van der Waals surface area contributed by atoms with Crippen LogP contribution in [-0.4, -0.2) is 46.1 Å². The largest absolute Gasteiger partial charge is 0.480 e. The van der Waals surface area contributed by atoms with Gasteiger partial charge in [-0.15, -0.1) is 0 Å². The third-order valence-corrected chi connectivity index (χ3v) is 4.96. The molecular weight excluding hydrogens is 286 g/mol. The van der Waals surface area contributed by atoms with Gasteiger partial charge in [0.15, 0.2) is 5.13 Å². The summed E-state index contributed by atoms with van der Waals surface area (Å²) < 4.78 is 1.19. The van der Waals surface area contributed by atoms with Gasteiger partial charge >= 0.3 is 5.97 Å². The number of carbonyl (C=O) groups is 1. The fourth-order valence-electron chi connectivity index (χ4n) is 2.79. The number of nitrogens with zero attached hydrogens (tertiary/aromatic N) is 2. The zero-order valence-corrected chi connectivity index (χ0v) is 12.8. The number of aromatic nitrogens is 1. The molecule has 1 saturated carbocycles. The van der Waals surface area contributed by atoms with Crippen molar-refractivity contribution in [2.75, 3.05) is 18.4 Å². The van der Waals surface area contributed by atoms with Crippen molar-refractivity contribution >= 4 is 32.7 Å². The summed E-state index contributed by atoms with van der Waals surface area (Å²) in [6, 6.07) is 8.89. The summed E-state index contributed by atoms with van der Waals surface area (Å²) in [6.45, 7) is 2.93. The van der Waals surface area contributed by atoms with Gasteiger partial charge in [0.2, 0.25) is 0 Å². The normalized spacial score (nSPS) is 21.4. The van der Waals surface area contributed by atoms with Crippen molar-refractivity contribution in [1.82, 2.24) is 9.88 Å². The molecule has 0 radical (unpaired) electrons. The number of likely N-dealkylation sites (N-methyl/N-ethyl adjacent to an activating group) is 1. The molecule has 1 fully saturated rings. The van der Waals surface area contributed by atoms with E-state index in [4.69, 9.17) is 5.11 Å². The third-order valence-electron chi connectivity index (χ3n) is 4.00. The summed E-state index contributed by atoms with van der Waals surface area (Å²) in [5.41, 5.74) is 1.03. The topological polar surface area (TPSA) is 65.5 Å². The Morgan fingerprint density at radius 2 is 2.24 bits per heavy atom. The van der Waals surface area contributed by atoms with Crippen LogP contribution in [0.1, 0.15) is 19.8 Å². The summed E-state index contributed by atoms with van der Waals surface area (Å²) in [5.74, 6) is -0.751. The number of nitrogens with one attached hydrogen (secondary N) is 1. The lowest BCUT2D eigenvalue weighted by Gasteiger charge is -2.42. The SMILES string of the molecule is CCN(CC(=O)O)C1CC(Nc2nc3ccccc3s2)C1. The van der Waals surface area contributed by atoms with E-state index in [0.29, 0.717) is 12.1 Å². The highest BCUT2D eigenvalue weighted by Crippen LogP contribution is 2.32. The number of rotatable bonds is 6.